The van der Waals surface area contributed by atoms with Gasteiger partial charge >= 0.3 is 0 Å². The first-order valence-corrected chi connectivity index (χ1v) is 7.22. The molecular weight excluding hydrogens is 256 g/mol. The number of piperidine rings is 2. The SMILES string of the molecule is CN1C(=O)CCC[C@@]12CCCN(C(=O)c1ccco1)C2. The monoisotopic (exact) mass is 276 g/mol. The molecule has 1 aromatic heterocycles. The van der Waals surface area contributed by atoms with Crippen LogP contribution in [0.3, 0.4) is 0 Å². The Bertz CT molecular complexity index is 507. The number of likely N-dealkylation sites (N-methyl/N-ethyl adjacent to an activating group) is 1. The van der Waals surface area contributed by atoms with Crippen LogP contribution in [0.25, 0.3) is 0 Å². The summed E-state index contributed by atoms with van der Waals surface area (Å²) in [4.78, 5) is 28.1. The van der Waals surface area contributed by atoms with Crippen molar-refractivity contribution in [3.63, 3.8) is 0 Å². The lowest BCUT2D eigenvalue weighted by atomic mass is 9.80. The second-order valence-electron chi connectivity index (χ2n) is 5.84. The molecule has 2 saturated heterocycles. The topological polar surface area (TPSA) is 53.8 Å². The predicted molar refractivity (Wildman–Crippen MR) is 73.2 cm³/mol. The van der Waals surface area contributed by atoms with Gasteiger partial charge in [0.2, 0.25) is 5.91 Å². The Hall–Kier alpha value is -1.78. The average molecular weight is 276 g/mol. The van der Waals surface area contributed by atoms with E-state index in [0.29, 0.717) is 18.7 Å². The van der Waals surface area contributed by atoms with Gasteiger partial charge in [-0.05, 0) is 37.8 Å². The van der Waals surface area contributed by atoms with Crippen LogP contribution >= 0.6 is 0 Å². The molecule has 5 nitrogen and oxygen atoms in total. The molecule has 1 spiro atoms. The quantitative estimate of drug-likeness (QED) is 0.787. The lowest BCUT2D eigenvalue weighted by Gasteiger charge is -2.50. The van der Waals surface area contributed by atoms with Crippen molar-refractivity contribution < 1.29 is 14.0 Å². The zero-order chi connectivity index (χ0) is 14.2. The molecule has 0 aliphatic carbocycles. The Morgan fingerprint density at radius 3 is 2.90 bits per heavy atom. The third kappa shape index (κ3) is 2.11. The van der Waals surface area contributed by atoms with Gasteiger partial charge in [-0.25, -0.2) is 0 Å². The van der Waals surface area contributed by atoms with E-state index in [1.54, 1.807) is 12.1 Å². The maximum Gasteiger partial charge on any atom is 0.289 e. The Kier molecular flexibility index (Phi) is 3.28. The van der Waals surface area contributed by atoms with Crippen molar-refractivity contribution in [1.29, 1.82) is 0 Å². The van der Waals surface area contributed by atoms with E-state index in [1.807, 2.05) is 16.8 Å². The molecule has 0 bridgehead atoms. The highest BCUT2D eigenvalue weighted by molar-refractivity contribution is 5.91. The maximum atomic E-state index is 12.4. The number of amides is 2. The average Bonchev–Trinajstić information content (AvgIpc) is 2.98. The minimum absolute atomic E-state index is 0.0690. The van der Waals surface area contributed by atoms with Gasteiger partial charge in [-0.2, -0.15) is 0 Å². The molecule has 0 aromatic carbocycles. The van der Waals surface area contributed by atoms with Gasteiger partial charge in [0.15, 0.2) is 5.76 Å². The largest absolute Gasteiger partial charge is 0.459 e. The van der Waals surface area contributed by atoms with Gasteiger partial charge in [0.05, 0.1) is 11.8 Å². The first kappa shape index (κ1) is 13.2. The van der Waals surface area contributed by atoms with Crippen LogP contribution in [-0.2, 0) is 4.79 Å². The normalized spacial score (nSPS) is 27.1. The summed E-state index contributed by atoms with van der Waals surface area (Å²) < 4.78 is 5.20. The summed E-state index contributed by atoms with van der Waals surface area (Å²) in [6, 6.07) is 3.42. The predicted octanol–water partition coefficient (Wildman–Crippen LogP) is 1.90. The Morgan fingerprint density at radius 1 is 1.35 bits per heavy atom. The molecule has 0 radical (unpaired) electrons. The van der Waals surface area contributed by atoms with E-state index in [0.717, 1.165) is 32.2 Å². The highest BCUT2D eigenvalue weighted by atomic mass is 16.3. The second kappa shape index (κ2) is 4.96. The van der Waals surface area contributed by atoms with Gasteiger partial charge in [0, 0.05) is 26.6 Å². The molecule has 5 heteroatoms. The van der Waals surface area contributed by atoms with Crippen LogP contribution < -0.4 is 0 Å². The Labute approximate surface area is 118 Å². The molecule has 3 rings (SSSR count). The summed E-state index contributed by atoms with van der Waals surface area (Å²) in [6.07, 6.45) is 5.97. The van der Waals surface area contributed by atoms with Gasteiger partial charge in [-0.1, -0.05) is 0 Å². The van der Waals surface area contributed by atoms with E-state index >= 15 is 0 Å². The van der Waals surface area contributed by atoms with Crippen LogP contribution in [0.5, 0.6) is 0 Å². The van der Waals surface area contributed by atoms with Crippen LogP contribution in [0.1, 0.15) is 42.7 Å². The van der Waals surface area contributed by atoms with Gasteiger partial charge in [-0.3, -0.25) is 9.59 Å². The van der Waals surface area contributed by atoms with E-state index in [9.17, 15) is 9.59 Å². The van der Waals surface area contributed by atoms with Gasteiger partial charge in [0.1, 0.15) is 0 Å². The third-order valence-electron chi connectivity index (χ3n) is 4.69. The lowest BCUT2D eigenvalue weighted by Crippen LogP contribution is -2.61. The fourth-order valence-corrected chi connectivity index (χ4v) is 3.49. The molecule has 0 unspecified atom stereocenters. The van der Waals surface area contributed by atoms with Crippen molar-refractivity contribution in [2.75, 3.05) is 20.1 Å². The van der Waals surface area contributed by atoms with E-state index in [-0.39, 0.29) is 17.4 Å². The van der Waals surface area contributed by atoms with Crippen molar-refractivity contribution in [3.05, 3.63) is 24.2 Å². The molecule has 2 fully saturated rings. The first-order valence-electron chi connectivity index (χ1n) is 7.22. The Morgan fingerprint density at radius 2 is 2.15 bits per heavy atom. The summed E-state index contributed by atoms with van der Waals surface area (Å²) in [6.45, 7) is 1.36. The second-order valence-corrected chi connectivity index (χ2v) is 5.84. The van der Waals surface area contributed by atoms with Crippen LogP contribution in [0, 0.1) is 0 Å². The molecule has 1 atom stereocenters. The molecular formula is C15H20N2O3. The summed E-state index contributed by atoms with van der Waals surface area (Å²) in [5.74, 6) is 0.510. The number of hydrogen-bond acceptors (Lipinski definition) is 3. The highest BCUT2D eigenvalue weighted by Crippen LogP contribution is 2.36. The molecule has 2 aliphatic rings. The molecule has 1 aromatic rings. The minimum Gasteiger partial charge on any atom is -0.459 e. The number of rotatable bonds is 1. The zero-order valence-corrected chi connectivity index (χ0v) is 11.8. The molecule has 20 heavy (non-hydrogen) atoms. The van der Waals surface area contributed by atoms with E-state index < -0.39 is 0 Å². The fourth-order valence-electron chi connectivity index (χ4n) is 3.49. The molecule has 3 heterocycles. The zero-order valence-electron chi connectivity index (χ0n) is 11.8. The number of carbonyl (C=O) groups excluding carboxylic acids is 2. The van der Waals surface area contributed by atoms with Crippen molar-refractivity contribution >= 4 is 11.8 Å². The maximum absolute atomic E-state index is 12.4. The van der Waals surface area contributed by atoms with Crippen molar-refractivity contribution in [2.45, 2.75) is 37.6 Å². The van der Waals surface area contributed by atoms with Gasteiger partial charge in [-0.15, -0.1) is 0 Å². The smallest absolute Gasteiger partial charge is 0.289 e. The summed E-state index contributed by atoms with van der Waals surface area (Å²) >= 11 is 0. The first-order chi connectivity index (χ1) is 9.62. The van der Waals surface area contributed by atoms with Gasteiger partial charge < -0.3 is 14.2 Å². The summed E-state index contributed by atoms with van der Waals surface area (Å²) in [5.41, 5.74) is -0.171. The highest BCUT2D eigenvalue weighted by Gasteiger charge is 2.44. The molecule has 0 N–H and O–H groups in total. The van der Waals surface area contributed by atoms with E-state index in [4.69, 9.17) is 4.42 Å². The summed E-state index contributed by atoms with van der Waals surface area (Å²) in [5, 5.41) is 0. The van der Waals surface area contributed by atoms with Crippen molar-refractivity contribution in [2.24, 2.45) is 0 Å². The molecule has 0 saturated carbocycles. The molecule has 2 amide bonds. The van der Waals surface area contributed by atoms with Crippen LogP contribution in [-0.4, -0.2) is 47.3 Å². The fraction of sp³-hybridized carbons (Fsp3) is 0.600. The van der Waals surface area contributed by atoms with Crippen molar-refractivity contribution in [1.82, 2.24) is 9.80 Å². The summed E-state index contributed by atoms with van der Waals surface area (Å²) in [7, 11) is 1.88. The van der Waals surface area contributed by atoms with Crippen molar-refractivity contribution in [3.8, 4) is 0 Å². The number of nitrogens with zero attached hydrogens (tertiary/aromatic N) is 2. The van der Waals surface area contributed by atoms with E-state index in [2.05, 4.69) is 0 Å². The minimum atomic E-state index is -0.171. The van der Waals surface area contributed by atoms with Gasteiger partial charge in [0.25, 0.3) is 5.91 Å². The number of likely N-dealkylation sites (tertiary alicyclic amines) is 2. The van der Waals surface area contributed by atoms with Crippen LogP contribution in [0.15, 0.2) is 22.8 Å². The third-order valence-corrected chi connectivity index (χ3v) is 4.69. The molecule has 108 valence electrons. The Balaban J connectivity index is 1.79. The van der Waals surface area contributed by atoms with Crippen LogP contribution in [0.2, 0.25) is 0 Å². The number of hydrogen-bond donors (Lipinski definition) is 0. The number of furan rings is 1. The lowest BCUT2D eigenvalue weighted by molar-refractivity contribution is -0.142. The standard InChI is InChI=1S/C15H20N2O3/c1-16-13(18)6-2-7-15(16)8-4-9-17(11-15)14(19)12-5-3-10-20-12/h3,5,10H,2,4,6-9,11H2,1H3/t15-/m0/s1. The van der Waals surface area contributed by atoms with Crippen LogP contribution in [0.4, 0.5) is 0 Å². The molecule has 2 aliphatic heterocycles. The van der Waals surface area contributed by atoms with E-state index in [1.165, 1.54) is 6.26 Å². The number of carbonyl (C=O) groups is 2.